The summed E-state index contributed by atoms with van der Waals surface area (Å²) in [4.78, 5) is 42.0. The van der Waals surface area contributed by atoms with Gasteiger partial charge in [0.25, 0.3) is 0 Å². The molecule has 0 spiro atoms. The predicted octanol–water partition coefficient (Wildman–Crippen LogP) is 2.89. The number of nitrogens with zero attached hydrogens (tertiary/aromatic N) is 1. The average molecular weight is 427 g/mol. The number of carbonyl (C=O) groups excluding carboxylic acids is 3. The fourth-order valence-electron chi connectivity index (χ4n) is 4.55. The number of ether oxygens (including phenoxy) is 3. The third kappa shape index (κ3) is 3.73. The fraction of sp³-hybridized carbons (Fsp3) is 0.458. The summed E-state index contributed by atoms with van der Waals surface area (Å²) in [5, 5.41) is 0. The van der Waals surface area contributed by atoms with Crippen LogP contribution in [0.3, 0.4) is 0 Å². The van der Waals surface area contributed by atoms with Gasteiger partial charge in [-0.05, 0) is 39.3 Å². The highest BCUT2D eigenvalue weighted by molar-refractivity contribution is 6.05. The Morgan fingerprint density at radius 1 is 0.903 bits per heavy atom. The van der Waals surface area contributed by atoms with Crippen molar-refractivity contribution in [1.29, 1.82) is 0 Å². The van der Waals surface area contributed by atoms with Crippen LogP contribution in [0.25, 0.3) is 0 Å². The molecule has 0 bridgehead atoms. The molecule has 0 amide bonds. The maximum atomic E-state index is 13.6. The van der Waals surface area contributed by atoms with Crippen molar-refractivity contribution in [3.05, 3.63) is 59.8 Å². The quantitative estimate of drug-likeness (QED) is 0.376. The van der Waals surface area contributed by atoms with Crippen molar-refractivity contribution in [2.75, 3.05) is 19.8 Å². The molecule has 1 aromatic carbocycles. The highest BCUT2D eigenvalue weighted by Crippen LogP contribution is 2.54. The summed E-state index contributed by atoms with van der Waals surface area (Å²) in [6, 6.07) is 5.80. The maximum absolute atomic E-state index is 13.6. The Bertz CT molecular complexity index is 870. The molecule has 3 unspecified atom stereocenters. The van der Waals surface area contributed by atoms with Crippen LogP contribution >= 0.6 is 0 Å². The summed E-state index contributed by atoms with van der Waals surface area (Å²) >= 11 is 0. The molecule has 2 aliphatic heterocycles. The Kier molecular flexibility index (Phi) is 6.83. The minimum absolute atomic E-state index is 0.0942. The summed E-state index contributed by atoms with van der Waals surface area (Å²) in [6.45, 7) is 7.41. The second-order valence-electron chi connectivity index (χ2n) is 7.51. The van der Waals surface area contributed by atoms with Crippen LogP contribution in [0.4, 0.5) is 0 Å². The van der Waals surface area contributed by atoms with Crippen molar-refractivity contribution in [3.63, 3.8) is 0 Å². The van der Waals surface area contributed by atoms with E-state index in [0.717, 1.165) is 5.56 Å². The predicted molar refractivity (Wildman–Crippen MR) is 114 cm³/mol. The summed E-state index contributed by atoms with van der Waals surface area (Å²) in [5.41, 5.74) is -0.0780. The minimum atomic E-state index is -1.76. The molecular weight excluding hydrogens is 398 g/mol. The van der Waals surface area contributed by atoms with Crippen LogP contribution in [0.5, 0.6) is 0 Å². The van der Waals surface area contributed by atoms with Gasteiger partial charge >= 0.3 is 17.9 Å². The van der Waals surface area contributed by atoms with Crippen molar-refractivity contribution in [2.24, 2.45) is 5.41 Å². The zero-order chi connectivity index (χ0) is 22.6. The first-order valence-corrected chi connectivity index (χ1v) is 10.6. The first-order valence-electron chi connectivity index (χ1n) is 10.6. The van der Waals surface area contributed by atoms with E-state index in [4.69, 9.17) is 14.2 Å². The fourth-order valence-corrected chi connectivity index (χ4v) is 4.55. The van der Waals surface area contributed by atoms with Gasteiger partial charge in [-0.3, -0.25) is 9.59 Å². The number of hydrogen-bond acceptors (Lipinski definition) is 7. The van der Waals surface area contributed by atoms with E-state index in [0.29, 0.717) is 5.56 Å². The van der Waals surface area contributed by atoms with Crippen LogP contribution in [-0.4, -0.2) is 54.7 Å². The van der Waals surface area contributed by atoms with E-state index < -0.39 is 41.3 Å². The largest absolute Gasteiger partial charge is 0.465 e. The van der Waals surface area contributed by atoms with E-state index in [2.05, 4.69) is 0 Å². The lowest BCUT2D eigenvalue weighted by Gasteiger charge is -2.35. The highest BCUT2D eigenvalue weighted by atomic mass is 16.6. The SMILES string of the molecule is CCOC(=O)C1C(c2ccc(C)cc2)C(C(=O)OCC)(C(=O)OCC)C2C=CC=CN12. The summed E-state index contributed by atoms with van der Waals surface area (Å²) in [5.74, 6) is -2.78. The molecule has 3 atom stereocenters. The Hall–Kier alpha value is -3.09. The third-order valence-corrected chi connectivity index (χ3v) is 5.77. The first-order chi connectivity index (χ1) is 14.9. The van der Waals surface area contributed by atoms with Gasteiger partial charge in [-0.2, -0.15) is 0 Å². The molecule has 0 aromatic heterocycles. The number of carbonyl (C=O) groups is 3. The molecular formula is C24H29NO6. The second kappa shape index (κ2) is 9.37. The van der Waals surface area contributed by atoms with Gasteiger partial charge in [0.05, 0.1) is 25.9 Å². The topological polar surface area (TPSA) is 82.1 Å². The van der Waals surface area contributed by atoms with E-state index in [1.54, 1.807) is 50.1 Å². The number of allylic oxidation sites excluding steroid dienone is 2. The zero-order valence-corrected chi connectivity index (χ0v) is 18.4. The smallest absolute Gasteiger partial charge is 0.329 e. The molecule has 1 aromatic rings. The van der Waals surface area contributed by atoms with Crippen LogP contribution in [0, 0.1) is 12.3 Å². The van der Waals surface area contributed by atoms with E-state index >= 15 is 0 Å². The Morgan fingerprint density at radius 3 is 2.03 bits per heavy atom. The molecule has 7 heteroatoms. The Labute approximate surface area is 182 Å². The normalized spacial score (nSPS) is 23.2. The molecule has 0 saturated carbocycles. The van der Waals surface area contributed by atoms with E-state index in [1.807, 2.05) is 31.2 Å². The molecule has 166 valence electrons. The molecule has 0 radical (unpaired) electrons. The maximum Gasteiger partial charge on any atom is 0.329 e. The van der Waals surface area contributed by atoms with Crippen molar-refractivity contribution < 1.29 is 28.6 Å². The Morgan fingerprint density at radius 2 is 1.48 bits per heavy atom. The van der Waals surface area contributed by atoms with Crippen molar-refractivity contribution in [1.82, 2.24) is 4.90 Å². The van der Waals surface area contributed by atoms with Gasteiger partial charge in [0.1, 0.15) is 6.04 Å². The van der Waals surface area contributed by atoms with Gasteiger partial charge in [-0.25, -0.2) is 4.79 Å². The first kappa shape index (κ1) is 22.6. The van der Waals surface area contributed by atoms with Crippen LogP contribution in [-0.2, 0) is 28.6 Å². The lowest BCUT2D eigenvalue weighted by atomic mass is 9.67. The van der Waals surface area contributed by atoms with E-state index in [9.17, 15) is 14.4 Å². The van der Waals surface area contributed by atoms with E-state index in [-0.39, 0.29) is 19.8 Å². The van der Waals surface area contributed by atoms with Crippen LogP contribution < -0.4 is 0 Å². The summed E-state index contributed by atoms with van der Waals surface area (Å²) < 4.78 is 16.2. The summed E-state index contributed by atoms with van der Waals surface area (Å²) in [7, 11) is 0. The van der Waals surface area contributed by atoms with Gasteiger partial charge in [0, 0.05) is 12.1 Å². The molecule has 0 N–H and O–H groups in total. The van der Waals surface area contributed by atoms with Gasteiger partial charge in [0.2, 0.25) is 0 Å². The summed E-state index contributed by atoms with van der Waals surface area (Å²) in [6.07, 6.45) is 6.98. The number of hydrogen-bond donors (Lipinski definition) is 0. The van der Waals surface area contributed by atoms with Crippen molar-refractivity contribution >= 4 is 17.9 Å². The second-order valence-corrected chi connectivity index (χ2v) is 7.51. The Balaban J connectivity index is 2.31. The number of benzene rings is 1. The number of esters is 3. The van der Waals surface area contributed by atoms with E-state index in [1.165, 1.54) is 0 Å². The van der Waals surface area contributed by atoms with Crippen molar-refractivity contribution in [2.45, 2.75) is 45.7 Å². The third-order valence-electron chi connectivity index (χ3n) is 5.77. The van der Waals surface area contributed by atoms with Gasteiger partial charge < -0.3 is 19.1 Å². The minimum Gasteiger partial charge on any atom is -0.465 e. The van der Waals surface area contributed by atoms with Crippen LogP contribution in [0.1, 0.15) is 37.8 Å². The molecule has 0 aliphatic carbocycles. The lowest BCUT2D eigenvalue weighted by Crippen LogP contribution is -2.52. The molecule has 31 heavy (non-hydrogen) atoms. The average Bonchev–Trinajstić information content (AvgIpc) is 3.07. The lowest BCUT2D eigenvalue weighted by molar-refractivity contribution is -0.174. The monoisotopic (exact) mass is 427 g/mol. The number of aryl methyl sites for hydroxylation is 1. The zero-order valence-electron chi connectivity index (χ0n) is 18.4. The standard InChI is InChI=1S/C24H29NO6/c1-5-29-21(26)20-19(17-13-11-16(4)12-14-17)24(22(27)30-6-2,23(28)31-7-3)18-10-8-9-15-25(18)20/h8-15,18-20H,5-7H2,1-4H3. The molecule has 2 aliphatic rings. The number of fused-ring (bicyclic) bond motifs is 1. The molecule has 1 saturated heterocycles. The van der Waals surface area contributed by atoms with Gasteiger partial charge in [-0.1, -0.05) is 42.0 Å². The molecule has 3 rings (SSSR count). The molecule has 2 heterocycles. The van der Waals surface area contributed by atoms with Gasteiger partial charge in [0.15, 0.2) is 5.41 Å². The van der Waals surface area contributed by atoms with Gasteiger partial charge in [-0.15, -0.1) is 0 Å². The number of rotatable bonds is 7. The van der Waals surface area contributed by atoms with Crippen molar-refractivity contribution in [3.8, 4) is 0 Å². The highest BCUT2D eigenvalue weighted by Gasteiger charge is 2.71. The van der Waals surface area contributed by atoms with Crippen LogP contribution in [0.2, 0.25) is 0 Å². The molecule has 7 nitrogen and oxygen atoms in total. The van der Waals surface area contributed by atoms with Crippen LogP contribution in [0.15, 0.2) is 48.7 Å². The molecule has 1 fully saturated rings.